The van der Waals surface area contributed by atoms with Gasteiger partial charge in [-0.15, -0.1) is 0 Å². The molecule has 0 aliphatic rings. The maximum atomic E-state index is 12.2. The second kappa shape index (κ2) is 7.01. The van der Waals surface area contributed by atoms with Crippen molar-refractivity contribution >= 4 is 18.1 Å². The number of aromatic amines is 1. The van der Waals surface area contributed by atoms with Gasteiger partial charge in [-0.1, -0.05) is 12.1 Å². The molecule has 0 fully saturated rings. The topological polar surface area (TPSA) is 97.7 Å². The first-order chi connectivity index (χ1) is 11.7. The molecule has 3 aromatic rings. The summed E-state index contributed by atoms with van der Waals surface area (Å²) < 4.78 is 6.85. The summed E-state index contributed by atoms with van der Waals surface area (Å²) in [5.74, 6) is 0.924. The van der Waals surface area contributed by atoms with Crippen LogP contribution in [0.5, 0.6) is 5.75 Å². The van der Waals surface area contributed by atoms with Crippen LogP contribution in [0.15, 0.2) is 42.9 Å². The summed E-state index contributed by atoms with van der Waals surface area (Å²) in [6, 6.07) is 7.56. The molecule has 0 atom stereocenters. The van der Waals surface area contributed by atoms with Gasteiger partial charge in [0, 0.05) is 18.8 Å². The molecule has 0 aliphatic heterocycles. The minimum Gasteiger partial charge on any atom is -0.497 e. The number of ether oxygens (including phenoxy) is 1. The van der Waals surface area contributed by atoms with Crippen molar-refractivity contribution in [3.8, 4) is 5.75 Å². The number of hydrogen-bond donors (Lipinski definition) is 2. The molecule has 9 heteroatoms. The molecule has 2 aromatic heterocycles. The third-order valence-electron chi connectivity index (χ3n) is 3.27. The van der Waals surface area contributed by atoms with Crippen LogP contribution < -0.4 is 10.2 Å². The number of carbonyl (C=O) groups excluding carboxylic acids is 1. The predicted octanol–water partition coefficient (Wildman–Crippen LogP) is 1.71. The van der Waals surface area contributed by atoms with E-state index in [1.165, 1.54) is 23.3 Å². The predicted molar refractivity (Wildman–Crippen MR) is 88.9 cm³/mol. The van der Waals surface area contributed by atoms with Crippen LogP contribution in [0.4, 0.5) is 0 Å². The van der Waals surface area contributed by atoms with Crippen molar-refractivity contribution in [2.24, 2.45) is 0 Å². The summed E-state index contributed by atoms with van der Waals surface area (Å²) in [5, 5.41) is 6.84. The molecule has 1 amide bonds. The van der Waals surface area contributed by atoms with Crippen LogP contribution in [0.2, 0.25) is 0 Å². The summed E-state index contributed by atoms with van der Waals surface area (Å²) in [7, 11) is 1.61. The van der Waals surface area contributed by atoms with Crippen LogP contribution in [0, 0.1) is 4.77 Å². The van der Waals surface area contributed by atoms with E-state index >= 15 is 0 Å². The standard InChI is InChI=1S/C15H14N6O2S/c1-23-11-4-2-10(3-5-11)8-13-18-19-15(24)21(13)20-14(22)12-9-16-6-7-17-12/h2-7,9H,8H2,1H3,(H,19,24)(H,20,22). The van der Waals surface area contributed by atoms with E-state index < -0.39 is 5.91 Å². The number of aromatic nitrogens is 5. The molecule has 122 valence electrons. The van der Waals surface area contributed by atoms with Gasteiger partial charge in [0.25, 0.3) is 5.91 Å². The van der Waals surface area contributed by atoms with Gasteiger partial charge >= 0.3 is 0 Å². The minimum absolute atomic E-state index is 0.191. The lowest BCUT2D eigenvalue weighted by atomic mass is 10.1. The Hall–Kier alpha value is -3.07. The molecule has 0 aliphatic carbocycles. The Morgan fingerprint density at radius 3 is 2.79 bits per heavy atom. The molecule has 2 heterocycles. The quantitative estimate of drug-likeness (QED) is 0.685. The van der Waals surface area contributed by atoms with Gasteiger partial charge in [0.15, 0.2) is 5.82 Å². The highest BCUT2D eigenvalue weighted by molar-refractivity contribution is 7.71. The van der Waals surface area contributed by atoms with Crippen LogP contribution in [0.25, 0.3) is 0 Å². The van der Waals surface area contributed by atoms with Gasteiger partial charge in [-0.3, -0.25) is 20.3 Å². The van der Waals surface area contributed by atoms with Crippen molar-refractivity contribution in [3.63, 3.8) is 0 Å². The van der Waals surface area contributed by atoms with Crippen LogP contribution in [-0.2, 0) is 6.42 Å². The fourth-order valence-corrected chi connectivity index (χ4v) is 2.26. The van der Waals surface area contributed by atoms with Gasteiger partial charge in [0.1, 0.15) is 11.4 Å². The smallest absolute Gasteiger partial charge is 0.290 e. The Balaban J connectivity index is 1.80. The Labute approximate surface area is 142 Å². The molecule has 0 radical (unpaired) electrons. The summed E-state index contributed by atoms with van der Waals surface area (Å²) >= 11 is 5.17. The van der Waals surface area contributed by atoms with Crippen molar-refractivity contribution in [2.75, 3.05) is 12.5 Å². The molecule has 0 saturated carbocycles. The van der Waals surface area contributed by atoms with Crippen molar-refractivity contribution in [3.05, 3.63) is 64.7 Å². The highest BCUT2D eigenvalue weighted by Gasteiger charge is 2.13. The van der Waals surface area contributed by atoms with Crippen molar-refractivity contribution < 1.29 is 9.53 Å². The van der Waals surface area contributed by atoms with E-state index in [1.807, 2.05) is 24.3 Å². The van der Waals surface area contributed by atoms with Gasteiger partial charge in [-0.05, 0) is 29.9 Å². The van der Waals surface area contributed by atoms with Crippen LogP contribution in [-0.4, -0.2) is 37.9 Å². The normalized spacial score (nSPS) is 10.4. The second-order valence-corrected chi connectivity index (χ2v) is 5.22. The van der Waals surface area contributed by atoms with E-state index in [-0.39, 0.29) is 10.5 Å². The largest absolute Gasteiger partial charge is 0.497 e. The number of benzene rings is 1. The lowest BCUT2D eigenvalue weighted by Gasteiger charge is -2.08. The second-order valence-electron chi connectivity index (χ2n) is 4.84. The van der Waals surface area contributed by atoms with Crippen molar-refractivity contribution in [1.82, 2.24) is 24.8 Å². The zero-order valence-electron chi connectivity index (χ0n) is 12.8. The van der Waals surface area contributed by atoms with E-state index in [0.29, 0.717) is 12.2 Å². The van der Waals surface area contributed by atoms with E-state index in [9.17, 15) is 4.79 Å². The van der Waals surface area contributed by atoms with Crippen LogP contribution in [0.1, 0.15) is 21.9 Å². The maximum absolute atomic E-state index is 12.2. The van der Waals surface area contributed by atoms with E-state index in [1.54, 1.807) is 7.11 Å². The van der Waals surface area contributed by atoms with E-state index in [4.69, 9.17) is 17.0 Å². The third kappa shape index (κ3) is 3.46. The molecule has 24 heavy (non-hydrogen) atoms. The maximum Gasteiger partial charge on any atom is 0.290 e. The molecular formula is C15H14N6O2S. The number of nitrogens with zero attached hydrogens (tertiary/aromatic N) is 4. The fraction of sp³-hybridized carbons (Fsp3) is 0.133. The first-order valence-corrected chi connectivity index (χ1v) is 7.45. The highest BCUT2D eigenvalue weighted by atomic mass is 32.1. The highest BCUT2D eigenvalue weighted by Crippen LogP contribution is 2.14. The fourth-order valence-electron chi connectivity index (χ4n) is 2.06. The Morgan fingerprint density at radius 1 is 1.33 bits per heavy atom. The summed E-state index contributed by atoms with van der Waals surface area (Å²) in [5.41, 5.74) is 3.86. The Morgan fingerprint density at radius 2 is 2.12 bits per heavy atom. The first kappa shape index (κ1) is 15.8. The van der Waals surface area contributed by atoms with E-state index in [2.05, 4.69) is 25.6 Å². The zero-order valence-corrected chi connectivity index (χ0v) is 13.6. The number of rotatable bonds is 5. The van der Waals surface area contributed by atoms with Gasteiger partial charge in [0.2, 0.25) is 4.77 Å². The Bertz CT molecular complexity index is 888. The number of nitrogens with one attached hydrogen (secondary N) is 2. The van der Waals surface area contributed by atoms with Crippen LogP contribution in [0.3, 0.4) is 0 Å². The van der Waals surface area contributed by atoms with Gasteiger partial charge in [-0.2, -0.15) is 5.10 Å². The lowest BCUT2D eigenvalue weighted by Crippen LogP contribution is -2.26. The average Bonchev–Trinajstić information content (AvgIpc) is 2.96. The summed E-state index contributed by atoms with van der Waals surface area (Å²) in [6.45, 7) is 0. The molecule has 2 N–H and O–H groups in total. The lowest BCUT2D eigenvalue weighted by molar-refractivity contribution is 0.100. The molecule has 8 nitrogen and oxygen atoms in total. The molecule has 1 aromatic carbocycles. The number of methoxy groups -OCH3 is 1. The number of H-pyrrole nitrogens is 1. The van der Waals surface area contributed by atoms with Crippen LogP contribution >= 0.6 is 12.2 Å². The molecule has 0 unspecified atom stereocenters. The SMILES string of the molecule is COc1ccc(Cc2n[nH]c(=S)n2NC(=O)c2cnccn2)cc1. The van der Waals surface area contributed by atoms with E-state index in [0.717, 1.165) is 11.3 Å². The minimum atomic E-state index is -0.420. The molecule has 0 saturated heterocycles. The van der Waals surface area contributed by atoms with Gasteiger partial charge in [-0.25, -0.2) is 9.66 Å². The molecule has 0 bridgehead atoms. The zero-order chi connectivity index (χ0) is 16.9. The van der Waals surface area contributed by atoms with Crippen molar-refractivity contribution in [2.45, 2.75) is 6.42 Å². The number of amides is 1. The monoisotopic (exact) mass is 342 g/mol. The average molecular weight is 342 g/mol. The first-order valence-electron chi connectivity index (χ1n) is 7.04. The number of hydrogen-bond acceptors (Lipinski definition) is 6. The van der Waals surface area contributed by atoms with Gasteiger partial charge in [0.05, 0.1) is 13.3 Å². The molecule has 3 rings (SSSR count). The van der Waals surface area contributed by atoms with Gasteiger partial charge < -0.3 is 4.74 Å². The summed E-state index contributed by atoms with van der Waals surface area (Å²) in [4.78, 5) is 20.0. The molecule has 0 spiro atoms. The van der Waals surface area contributed by atoms with Crippen molar-refractivity contribution in [1.29, 1.82) is 0 Å². The third-order valence-corrected chi connectivity index (χ3v) is 3.55. The summed E-state index contributed by atoms with van der Waals surface area (Å²) in [6.07, 6.45) is 4.80. The number of carbonyl (C=O) groups is 1. The molecular weight excluding hydrogens is 328 g/mol. The Kier molecular flexibility index (Phi) is 4.62.